The fraction of sp³-hybridized carbons (Fsp3) is 0.769. The van der Waals surface area contributed by atoms with Crippen molar-refractivity contribution in [2.24, 2.45) is 0 Å². The summed E-state index contributed by atoms with van der Waals surface area (Å²) in [6, 6.07) is 0. The lowest BCUT2D eigenvalue weighted by atomic mass is 9.88. The molecule has 0 spiro atoms. The van der Waals surface area contributed by atoms with E-state index in [0.29, 0.717) is 5.92 Å². The van der Waals surface area contributed by atoms with E-state index < -0.39 is 0 Å². The Morgan fingerprint density at radius 3 is 2.81 bits per heavy atom. The van der Waals surface area contributed by atoms with Crippen LogP contribution in [0.1, 0.15) is 56.0 Å². The zero-order valence-corrected chi connectivity index (χ0v) is 9.73. The van der Waals surface area contributed by atoms with Crippen LogP contribution in [0.3, 0.4) is 0 Å². The van der Waals surface area contributed by atoms with Crippen LogP contribution in [0.4, 0.5) is 0 Å². The average molecular weight is 220 g/mol. The quantitative estimate of drug-likeness (QED) is 0.788. The van der Waals surface area contributed by atoms with Crippen LogP contribution in [0.5, 0.6) is 0 Å². The van der Waals surface area contributed by atoms with Gasteiger partial charge in [-0.1, -0.05) is 19.3 Å². The van der Waals surface area contributed by atoms with Crippen molar-refractivity contribution in [3.63, 3.8) is 0 Å². The highest BCUT2D eigenvalue weighted by Crippen LogP contribution is 2.33. The van der Waals surface area contributed by atoms with Gasteiger partial charge in [-0.15, -0.1) is 0 Å². The molecule has 1 atom stereocenters. The van der Waals surface area contributed by atoms with Gasteiger partial charge in [-0.25, -0.2) is 4.98 Å². The first-order valence-corrected chi connectivity index (χ1v) is 6.57. The molecule has 0 aromatic carbocycles. The van der Waals surface area contributed by atoms with Gasteiger partial charge in [0.2, 0.25) is 0 Å². The van der Waals surface area contributed by atoms with Crippen molar-refractivity contribution in [2.75, 3.05) is 0 Å². The summed E-state index contributed by atoms with van der Waals surface area (Å²) < 4.78 is 2.36. The highest BCUT2D eigenvalue weighted by Gasteiger charge is 2.25. The Balaban J connectivity index is 1.85. The van der Waals surface area contributed by atoms with Crippen LogP contribution in [-0.4, -0.2) is 20.8 Å². The Morgan fingerprint density at radius 1 is 1.19 bits per heavy atom. The van der Waals surface area contributed by atoms with Crippen molar-refractivity contribution < 1.29 is 5.11 Å². The number of rotatable bonds is 1. The molecule has 1 aromatic rings. The van der Waals surface area contributed by atoms with Gasteiger partial charge in [-0.2, -0.15) is 0 Å². The Bertz CT molecular complexity index is 366. The minimum absolute atomic E-state index is 0.150. The summed E-state index contributed by atoms with van der Waals surface area (Å²) >= 11 is 0. The maximum Gasteiger partial charge on any atom is 0.111 e. The second-order valence-electron chi connectivity index (χ2n) is 5.24. The molecule has 1 aromatic heterocycles. The maximum atomic E-state index is 9.63. The van der Waals surface area contributed by atoms with E-state index in [4.69, 9.17) is 0 Å². The molecular weight excluding hydrogens is 200 g/mol. The predicted octanol–water partition coefficient (Wildman–Crippen LogP) is 2.24. The lowest BCUT2D eigenvalue weighted by molar-refractivity contribution is 0.142. The van der Waals surface area contributed by atoms with Gasteiger partial charge in [-0.05, 0) is 19.3 Å². The molecule has 1 saturated carbocycles. The molecule has 1 unspecified atom stereocenters. The zero-order chi connectivity index (χ0) is 11.0. The van der Waals surface area contributed by atoms with Crippen LogP contribution in [0, 0.1) is 0 Å². The molecule has 1 fully saturated rings. The maximum absolute atomic E-state index is 9.63. The second kappa shape index (κ2) is 4.21. The van der Waals surface area contributed by atoms with Crippen molar-refractivity contribution in [1.29, 1.82) is 0 Å². The Kier molecular flexibility index (Phi) is 2.72. The van der Waals surface area contributed by atoms with Crippen molar-refractivity contribution in [2.45, 2.75) is 63.5 Å². The summed E-state index contributed by atoms with van der Waals surface area (Å²) in [5.41, 5.74) is 1.24. The predicted molar refractivity (Wildman–Crippen MR) is 62.4 cm³/mol. The molecule has 0 radical (unpaired) electrons. The largest absolute Gasteiger partial charge is 0.393 e. The number of aliphatic hydroxyl groups is 1. The number of hydrogen-bond acceptors (Lipinski definition) is 2. The number of aromatic nitrogens is 2. The topological polar surface area (TPSA) is 38.0 Å². The summed E-state index contributed by atoms with van der Waals surface area (Å²) in [5, 5.41) is 9.63. The lowest BCUT2D eigenvalue weighted by Gasteiger charge is -2.26. The van der Waals surface area contributed by atoms with Crippen molar-refractivity contribution in [1.82, 2.24) is 9.55 Å². The molecule has 0 bridgehead atoms. The monoisotopic (exact) mass is 220 g/mol. The van der Waals surface area contributed by atoms with Gasteiger partial charge in [0.05, 0.1) is 6.10 Å². The fourth-order valence-electron chi connectivity index (χ4n) is 3.16. The van der Waals surface area contributed by atoms with E-state index in [1.165, 1.54) is 43.6 Å². The van der Waals surface area contributed by atoms with E-state index in [9.17, 15) is 5.11 Å². The Hall–Kier alpha value is -0.830. The minimum atomic E-state index is -0.150. The number of imidazole rings is 1. The second-order valence-corrected chi connectivity index (χ2v) is 5.24. The van der Waals surface area contributed by atoms with E-state index in [1.807, 2.05) is 6.20 Å². The summed E-state index contributed by atoms with van der Waals surface area (Å²) in [6.45, 7) is 0.961. The van der Waals surface area contributed by atoms with E-state index in [2.05, 4.69) is 9.55 Å². The average Bonchev–Trinajstić information content (AvgIpc) is 2.73. The number of aliphatic hydroxyl groups excluding tert-OH is 1. The first-order chi connectivity index (χ1) is 7.84. The van der Waals surface area contributed by atoms with Gasteiger partial charge in [0.15, 0.2) is 0 Å². The number of fused-ring (bicyclic) bond motifs is 1. The highest BCUT2D eigenvalue weighted by molar-refractivity contribution is 5.13. The summed E-state index contributed by atoms with van der Waals surface area (Å²) in [7, 11) is 0. The molecule has 3 nitrogen and oxygen atoms in total. The smallest absolute Gasteiger partial charge is 0.111 e. The van der Waals surface area contributed by atoms with E-state index >= 15 is 0 Å². The first-order valence-electron chi connectivity index (χ1n) is 6.57. The first kappa shape index (κ1) is 10.3. The number of hydrogen-bond donors (Lipinski definition) is 1. The Morgan fingerprint density at radius 2 is 2.00 bits per heavy atom. The molecular formula is C13H20N2O. The standard InChI is InChI=1S/C13H20N2O/c16-12-6-7-15-11(8-12)9-14-13(15)10-4-2-1-3-5-10/h9-10,12,16H,1-8H2. The third kappa shape index (κ3) is 1.77. The molecule has 3 heteroatoms. The van der Waals surface area contributed by atoms with Crippen LogP contribution >= 0.6 is 0 Å². The van der Waals surface area contributed by atoms with E-state index in [-0.39, 0.29) is 6.10 Å². The fourth-order valence-corrected chi connectivity index (χ4v) is 3.16. The van der Waals surface area contributed by atoms with Gasteiger partial charge in [0, 0.05) is 30.8 Å². The highest BCUT2D eigenvalue weighted by atomic mass is 16.3. The third-order valence-electron chi connectivity index (χ3n) is 4.07. The molecule has 88 valence electrons. The van der Waals surface area contributed by atoms with Crippen molar-refractivity contribution in [3.05, 3.63) is 17.7 Å². The lowest BCUT2D eigenvalue weighted by Crippen LogP contribution is -2.25. The van der Waals surface area contributed by atoms with Gasteiger partial charge in [-0.3, -0.25) is 0 Å². The minimum Gasteiger partial charge on any atom is -0.393 e. The van der Waals surface area contributed by atoms with Crippen LogP contribution in [-0.2, 0) is 13.0 Å². The molecule has 0 saturated heterocycles. The molecule has 2 heterocycles. The van der Waals surface area contributed by atoms with Crippen LogP contribution in [0.25, 0.3) is 0 Å². The van der Waals surface area contributed by atoms with Gasteiger partial charge < -0.3 is 9.67 Å². The molecule has 3 rings (SSSR count). The van der Waals surface area contributed by atoms with Crippen LogP contribution < -0.4 is 0 Å². The van der Waals surface area contributed by atoms with Gasteiger partial charge in [0.25, 0.3) is 0 Å². The van der Waals surface area contributed by atoms with Crippen molar-refractivity contribution >= 4 is 0 Å². The molecule has 1 aliphatic heterocycles. The molecule has 0 amide bonds. The van der Waals surface area contributed by atoms with Gasteiger partial charge in [0.1, 0.15) is 5.82 Å². The molecule has 2 aliphatic rings. The van der Waals surface area contributed by atoms with Gasteiger partial charge >= 0.3 is 0 Å². The van der Waals surface area contributed by atoms with Crippen LogP contribution in [0.2, 0.25) is 0 Å². The normalized spacial score (nSPS) is 26.7. The van der Waals surface area contributed by atoms with E-state index in [0.717, 1.165) is 19.4 Å². The zero-order valence-electron chi connectivity index (χ0n) is 9.73. The summed E-state index contributed by atoms with van der Waals surface area (Å²) in [6.07, 6.45) is 10.2. The van der Waals surface area contributed by atoms with E-state index in [1.54, 1.807) is 0 Å². The van der Waals surface area contributed by atoms with Crippen LogP contribution in [0.15, 0.2) is 6.20 Å². The summed E-state index contributed by atoms with van der Waals surface area (Å²) in [5.74, 6) is 1.97. The molecule has 16 heavy (non-hydrogen) atoms. The SMILES string of the molecule is OC1CCn2c(cnc2C2CCCCC2)C1. The molecule has 1 aliphatic carbocycles. The van der Waals surface area contributed by atoms with Crippen molar-refractivity contribution in [3.8, 4) is 0 Å². The number of nitrogens with zero attached hydrogens (tertiary/aromatic N) is 2. The summed E-state index contributed by atoms with van der Waals surface area (Å²) in [4.78, 5) is 4.61. The Labute approximate surface area is 96.5 Å². The molecule has 1 N–H and O–H groups in total. The third-order valence-corrected chi connectivity index (χ3v) is 4.07.